The van der Waals surface area contributed by atoms with Crippen molar-refractivity contribution in [3.63, 3.8) is 0 Å². The van der Waals surface area contributed by atoms with Crippen molar-refractivity contribution in [1.82, 2.24) is 4.98 Å². The summed E-state index contributed by atoms with van der Waals surface area (Å²) in [6.07, 6.45) is 1.96. The van der Waals surface area contributed by atoms with Crippen LogP contribution in [0.1, 0.15) is 50.4 Å². The van der Waals surface area contributed by atoms with Crippen molar-refractivity contribution in [2.45, 2.75) is 37.9 Å². The number of furan rings is 1. The van der Waals surface area contributed by atoms with Gasteiger partial charge in [-0.1, -0.05) is 30.3 Å². The summed E-state index contributed by atoms with van der Waals surface area (Å²) in [7, 11) is 0. The molecule has 0 aliphatic carbocycles. The number of fused-ring (bicyclic) bond motifs is 1. The average Bonchev–Trinajstić information content (AvgIpc) is 3.73. The molecular formula is C32H28N3O8S+. The molecule has 2 aliphatic heterocycles. The van der Waals surface area contributed by atoms with Crippen molar-refractivity contribution < 1.29 is 37.7 Å². The zero-order chi connectivity index (χ0) is 31.0. The van der Waals surface area contributed by atoms with Gasteiger partial charge >= 0.3 is 17.0 Å². The van der Waals surface area contributed by atoms with Gasteiger partial charge in [0.25, 0.3) is 5.69 Å². The molecule has 1 unspecified atom stereocenters. The summed E-state index contributed by atoms with van der Waals surface area (Å²) in [5, 5.41) is 11.5. The highest BCUT2D eigenvalue weighted by Crippen LogP contribution is 2.40. The van der Waals surface area contributed by atoms with E-state index in [0.717, 1.165) is 17.3 Å². The number of allylic oxidation sites excluding steroid dienone is 1. The van der Waals surface area contributed by atoms with Gasteiger partial charge in [-0.3, -0.25) is 10.1 Å². The highest BCUT2D eigenvalue weighted by atomic mass is 32.2. The van der Waals surface area contributed by atoms with Crippen LogP contribution in [0.25, 0.3) is 17.4 Å². The maximum atomic E-state index is 14.1. The molecule has 0 spiro atoms. The van der Waals surface area contributed by atoms with Crippen LogP contribution in [0.2, 0.25) is 0 Å². The van der Waals surface area contributed by atoms with Gasteiger partial charge in [-0.25, -0.2) is 9.59 Å². The quantitative estimate of drug-likeness (QED) is 0.0620. The minimum absolute atomic E-state index is 0.00688. The van der Waals surface area contributed by atoms with Crippen LogP contribution in [0.5, 0.6) is 0 Å². The van der Waals surface area contributed by atoms with Gasteiger partial charge in [0.1, 0.15) is 23.2 Å². The first-order chi connectivity index (χ1) is 21.2. The molecule has 4 aromatic rings. The van der Waals surface area contributed by atoms with Crippen molar-refractivity contribution in [1.29, 1.82) is 0 Å². The fourth-order valence-corrected chi connectivity index (χ4v) is 6.50. The molecule has 11 nitrogen and oxygen atoms in total. The summed E-state index contributed by atoms with van der Waals surface area (Å²) < 4.78 is 24.9. The lowest BCUT2D eigenvalue weighted by atomic mass is 9.87. The molecule has 2 aromatic heterocycles. The van der Waals surface area contributed by atoms with E-state index < -0.39 is 22.4 Å². The summed E-state index contributed by atoms with van der Waals surface area (Å²) in [6, 6.07) is 17.7. The largest absolute Gasteiger partial charge is 0.462 e. The maximum Gasteiger partial charge on any atom is 0.372 e. The van der Waals surface area contributed by atoms with E-state index in [2.05, 4.69) is 4.98 Å². The van der Waals surface area contributed by atoms with Crippen LogP contribution in [0, 0.1) is 24.0 Å². The minimum atomic E-state index is -1.16. The van der Waals surface area contributed by atoms with Gasteiger partial charge in [-0.15, -0.1) is 4.57 Å². The van der Waals surface area contributed by atoms with Crippen LogP contribution >= 0.6 is 11.8 Å². The molecule has 1 fully saturated rings. The molecule has 0 amide bonds. The van der Waals surface area contributed by atoms with Crippen LogP contribution in [0.4, 0.5) is 5.69 Å². The number of carbonyl (C=O) groups is 2. The second-order valence-electron chi connectivity index (χ2n) is 10.4. The fraction of sp³-hybridized carbons (Fsp3) is 0.250. The molecule has 1 atom stereocenters. The predicted octanol–water partition coefficient (Wildman–Crippen LogP) is 5.56. The average molecular weight is 615 g/mol. The maximum absolute atomic E-state index is 14.1. The van der Waals surface area contributed by atoms with Gasteiger partial charge < -0.3 is 18.6 Å². The normalized spacial score (nSPS) is 18.5. The number of ether oxygens (including phenoxy) is 3. The molecular weight excluding hydrogens is 586 g/mol. The fourth-order valence-electron chi connectivity index (χ4n) is 5.50. The Morgan fingerprint density at radius 2 is 1.98 bits per heavy atom. The number of aryl methyl sites for hydroxylation is 2. The molecule has 0 saturated carbocycles. The molecule has 12 heteroatoms. The molecule has 44 heavy (non-hydrogen) atoms. The molecule has 0 bridgehead atoms. The SMILES string of the molecule is CCOC(=O)c1c(C)nc2[n+](c1C1(Cc3ccccc3)COCO1)C(=O)C(=Cc1ccc(-c3ccc([N+](=O)[O-])cc3C)o1)S2. The summed E-state index contributed by atoms with van der Waals surface area (Å²) >= 11 is 1.16. The van der Waals surface area contributed by atoms with Crippen LogP contribution in [0.3, 0.4) is 0 Å². The first-order valence-corrected chi connectivity index (χ1v) is 14.7. The monoisotopic (exact) mass is 614 g/mol. The number of nitro benzene ring substituents is 1. The lowest BCUT2D eigenvalue weighted by Gasteiger charge is -2.27. The Kier molecular flexibility index (Phi) is 7.89. The zero-order valence-corrected chi connectivity index (χ0v) is 25.0. The van der Waals surface area contributed by atoms with E-state index in [9.17, 15) is 19.7 Å². The van der Waals surface area contributed by atoms with E-state index in [4.69, 9.17) is 18.6 Å². The van der Waals surface area contributed by atoms with Gasteiger partial charge in [0.15, 0.2) is 22.6 Å². The third kappa shape index (κ3) is 5.32. The van der Waals surface area contributed by atoms with Crippen molar-refractivity contribution in [2.75, 3.05) is 20.0 Å². The molecule has 0 radical (unpaired) electrons. The molecule has 224 valence electrons. The molecule has 1 saturated heterocycles. The van der Waals surface area contributed by atoms with Gasteiger partial charge in [-0.2, -0.15) is 0 Å². The highest BCUT2D eigenvalue weighted by molar-refractivity contribution is 8.04. The minimum Gasteiger partial charge on any atom is -0.462 e. The lowest BCUT2D eigenvalue weighted by Crippen LogP contribution is -2.54. The molecule has 0 N–H and O–H groups in total. The number of rotatable bonds is 8. The number of benzene rings is 2. The Morgan fingerprint density at radius 3 is 2.66 bits per heavy atom. The number of aromatic nitrogens is 2. The van der Waals surface area contributed by atoms with Crippen LogP contribution < -0.4 is 4.57 Å². The number of nitro groups is 1. The van der Waals surface area contributed by atoms with Gasteiger partial charge in [0, 0.05) is 48.9 Å². The molecule has 6 rings (SSSR count). The van der Waals surface area contributed by atoms with Crippen LogP contribution in [-0.4, -0.2) is 41.8 Å². The van der Waals surface area contributed by atoms with E-state index in [0.29, 0.717) is 50.5 Å². The molecule has 2 aromatic carbocycles. The molecule has 4 heterocycles. The second kappa shape index (κ2) is 11.8. The first kappa shape index (κ1) is 29.4. The Bertz CT molecular complexity index is 1830. The number of hydrogen-bond donors (Lipinski definition) is 0. The van der Waals surface area contributed by atoms with Crippen molar-refractivity contribution >= 4 is 35.4 Å². The third-order valence-electron chi connectivity index (χ3n) is 7.48. The topological polar surface area (TPSA) is 135 Å². The standard InChI is InChI=1S/C32H28N3O8S/c1-4-41-30(37)27-20(3)33-31-34(28(27)32(17-40-18-42-32)16-21-8-6-5-7-9-21)29(36)26(44-31)15-23-11-13-25(43-23)24-12-10-22(35(38)39)14-19(24)2/h5-15H,4,16-18H2,1-3H3/q+1. The van der Waals surface area contributed by atoms with E-state index in [1.807, 2.05) is 30.3 Å². The van der Waals surface area contributed by atoms with Gasteiger partial charge in [-0.05, 0) is 48.2 Å². The molecule has 2 aliphatic rings. The predicted molar refractivity (Wildman–Crippen MR) is 159 cm³/mol. The van der Waals surface area contributed by atoms with Crippen LogP contribution in [-0.2, 0) is 26.2 Å². The van der Waals surface area contributed by atoms with E-state index in [-0.39, 0.29) is 31.3 Å². The van der Waals surface area contributed by atoms with E-state index in [1.54, 1.807) is 45.0 Å². The number of non-ortho nitro benzene ring substituents is 1. The lowest BCUT2D eigenvalue weighted by molar-refractivity contribution is -0.629. The smallest absolute Gasteiger partial charge is 0.372 e. The Labute approximate surface area is 256 Å². The number of nitrogens with zero attached hydrogens (tertiary/aromatic N) is 3. The van der Waals surface area contributed by atoms with E-state index in [1.165, 1.54) is 16.7 Å². The van der Waals surface area contributed by atoms with Gasteiger partial charge in [0.05, 0.1) is 18.1 Å². The van der Waals surface area contributed by atoms with Gasteiger partial charge in [0.2, 0.25) is 0 Å². The second-order valence-corrected chi connectivity index (χ2v) is 11.4. The van der Waals surface area contributed by atoms with E-state index >= 15 is 0 Å². The first-order valence-electron chi connectivity index (χ1n) is 13.9. The van der Waals surface area contributed by atoms with Crippen molar-refractivity contribution in [2.24, 2.45) is 0 Å². The third-order valence-corrected chi connectivity index (χ3v) is 8.44. The van der Waals surface area contributed by atoms with Crippen molar-refractivity contribution in [3.8, 4) is 11.3 Å². The Balaban J connectivity index is 1.43. The highest BCUT2D eigenvalue weighted by Gasteiger charge is 2.52. The number of thioether (sulfide) groups is 1. The summed E-state index contributed by atoms with van der Waals surface area (Å²) in [4.78, 5) is 43.2. The summed E-state index contributed by atoms with van der Waals surface area (Å²) in [6.45, 7) is 5.44. The Hall–Kier alpha value is -4.65. The number of carbonyl (C=O) groups excluding carboxylic acids is 2. The van der Waals surface area contributed by atoms with Crippen LogP contribution in [0.15, 0.2) is 75.1 Å². The Morgan fingerprint density at radius 1 is 1.18 bits per heavy atom. The summed E-state index contributed by atoms with van der Waals surface area (Å²) in [5.74, 6) is -0.0895. The zero-order valence-electron chi connectivity index (χ0n) is 24.2. The van der Waals surface area contributed by atoms with Crippen molar-refractivity contribution in [3.05, 3.63) is 110 Å². The number of esters is 1. The number of hydrogen-bond acceptors (Lipinski definition) is 10. The summed E-state index contributed by atoms with van der Waals surface area (Å²) in [5.41, 5.74) is 2.05.